The van der Waals surface area contributed by atoms with E-state index in [1.807, 2.05) is 20.8 Å². The predicted molar refractivity (Wildman–Crippen MR) is 56.4 cm³/mol. The molecule has 1 aliphatic heterocycles. The van der Waals surface area contributed by atoms with Crippen LogP contribution >= 0.6 is 11.6 Å². The van der Waals surface area contributed by atoms with E-state index in [0.29, 0.717) is 13.1 Å². The minimum Gasteiger partial charge on any atom is -0.444 e. The summed E-state index contributed by atoms with van der Waals surface area (Å²) >= 11 is 5.59. The lowest BCUT2D eigenvalue weighted by Gasteiger charge is -2.38. The Bertz CT molecular complexity index is 280. The van der Waals surface area contributed by atoms with Crippen LogP contribution in [0.1, 0.15) is 20.8 Å². The van der Waals surface area contributed by atoms with Gasteiger partial charge in [-0.1, -0.05) is 16.8 Å². The number of likely N-dealkylation sites (tertiary alicyclic amines) is 1. The van der Waals surface area contributed by atoms with Crippen molar-refractivity contribution in [2.24, 2.45) is 11.1 Å². The Balaban J connectivity index is 2.36. The average Bonchev–Trinajstić information content (AvgIpc) is 1.97. The van der Waals surface area contributed by atoms with Crippen LogP contribution in [-0.4, -0.2) is 40.1 Å². The second-order valence-electron chi connectivity index (χ2n) is 4.50. The Morgan fingerprint density at radius 3 is 2.47 bits per heavy atom. The van der Waals surface area contributed by atoms with Gasteiger partial charge in [0.05, 0.1) is 5.92 Å². The van der Waals surface area contributed by atoms with E-state index in [1.54, 1.807) is 0 Å². The number of carbonyl (C=O) groups excluding carboxylic acids is 1. The molecule has 1 heterocycles. The maximum Gasteiger partial charge on any atom is 0.410 e. The predicted octanol–water partition coefficient (Wildman–Crippen LogP) is 1.88. The van der Waals surface area contributed by atoms with Crippen molar-refractivity contribution in [3.05, 3.63) is 0 Å². The molecule has 0 bridgehead atoms. The molecule has 1 fully saturated rings. The summed E-state index contributed by atoms with van der Waals surface area (Å²) in [6.07, 6.45) is -0.360. The van der Waals surface area contributed by atoms with Gasteiger partial charge in [-0.05, 0) is 20.8 Å². The van der Waals surface area contributed by atoms with Crippen LogP contribution in [0.5, 0.6) is 0 Å². The molecule has 0 aromatic heterocycles. The summed E-state index contributed by atoms with van der Waals surface area (Å²) in [6, 6.07) is 0. The fourth-order valence-corrected chi connectivity index (χ4v) is 1.32. The molecule has 6 heteroatoms. The monoisotopic (exact) mass is 234 g/mol. The van der Waals surface area contributed by atoms with Crippen LogP contribution in [0.25, 0.3) is 0 Å². The Morgan fingerprint density at radius 1 is 1.53 bits per heavy atom. The van der Waals surface area contributed by atoms with Crippen LogP contribution in [0, 0.1) is 5.92 Å². The smallest absolute Gasteiger partial charge is 0.410 e. The first-order valence-corrected chi connectivity index (χ1v) is 5.06. The van der Waals surface area contributed by atoms with Crippen molar-refractivity contribution >= 4 is 22.9 Å². The molecule has 1 aliphatic rings. The van der Waals surface area contributed by atoms with Gasteiger partial charge in [0.1, 0.15) is 5.60 Å². The SMILES string of the molecule is CC(C)(C)OC(=O)N1CC(/C(Cl)=N\O)C1. The van der Waals surface area contributed by atoms with Crippen LogP contribution in [0.3, 0.4) is 0 Å². The Labute approximate surface area is 93.6 Å². The van der Waals surface area contributed by atoms with Gasteiger partial charge in [-0.25, -0.2) is 4.79 Å². The highest BCUT2D eigenvalue weighted by Crippen LogP contribution is 2.21. The van der Waals surface area contributed by atoms with Crippen LogP contribution in [-0.2, 0) is 4.74 Å². The third-order valence-electron chi connectivity index (χ3n) is 1.97. The lowest BCUT2D eigenvalue weighted by molar-refractivity contribution is 0.00693. The highest BCUT2D eigenvalue weighted by Gasteiger charge is 2.36. The zero-order chi connectivity index (χ0) is 11.6. The summed E-state index contributed by atoms with van der Waals surface area (Å²) in [4.78, 5) is 13.0. The molecule has 0 radical (unpaired) electrons. The normalized spacial score (nSPS) is 18.7. The third kappa shape index (κ3) is 3.27. The van der Waals surface area contributed by atoms with E-state index in [-0.39, 0.29) is 17.2 Å². The quantitative estimate of drug-likeness (QED) is 0.428. The minimum atomic E-state index is -0.489. The van der Waals surface area contributed by atoms with Crippen molar-refractivity contribution in [1.82, 2.24) is 4.90 Å². The van der Waals surface area contributed by atoms with Crippen LogP contribution in [0.4, 0.5) is 4.79 Å². The highest BCUT2D eigenvalue weighted by molar-refractivity contribution is 6.65. The van der Waals surface area contributed by atoms with Crippen molar-refractivity contribution in [3.63, 3.8) is 0 Å². The van der Waals surface area contributed by atoms with Crippen molar-refractivity contribution in [2.75, 3.05) is 13.1 Å². The van der Waals surface area contributed by atoms with Gasteiger partial charge in [-0.2, -0.15) is 0 Å². The van der Waals surface area contributed by atoms with Crippen molar-refractivity contribution in [1.29, 1.82) is 0 Å². The van der Waals surface area contributed by atoms with Crippen molar-refractivity contribution in [2.45, 2.75) is 26.4 Å². The van der Waals surface area contributed by atoms with E-state index in [2.05, 4.69) is 5.16 Å². The molecule has 0 aromatic carbocycles. The fraction of sp³-hybridized carbons (Fsp3) is 0.778. The molecule has 0 aromatic rings. The van der Waals surface area contributed by atoms with E-state index < -0.39 is 5.60 Å². The number of oxime groups is 1. The van der Waals surface area contributed by atoms with E-state index in [4.69, 9.17) is 21.5 Å². The molecule has 15 heavy (non-hydrogen) atoms. The maximum atomic E-state index is 11.5. The van der Waals surface area contributed by atoms with Gasteiger partial charge in [0, 0.05) is 13.1 Å². The Kier molecular flexibility index (Phi) is 3.44. The van der Waals surface area contributed by atoms with Gasteiger partial charge in [0.15, 0.2) is 5.17 Å². The average molecular weight is 235 g/mol. The lowest BCUT2D eigenvalue weighted by Crippen LogP contribution is -2.53. The summed E-state index contributed by atoms with van der Waals surface area (Å²) in [5.74, 6) is -0.0656. The molecule has 5 nitrogen and oxygen atoms in total. The molecular formula is C9H15ClN2O3. The second-order valence-corrected chi connectivity index (χ2v) is 4.89. The van der Waals surface area contributed by atoms with Crippen molar-refractivity contribution in [3.8, 4) is 0 Å². The molecule has 0 aliphatic carbocycles. The Morgan fingerprint density at radius 2 is 2.07 bits per heavy atom. The largest absolute Gasteiger partial charge is 0.444 e. The van der Waals surface area contributed by atoms with E-state index in [0.717, 1.165) is 0 Å². The van der Waals surface area contributed by atoms with Gasteiger partial charge >= 0.3 is 6.09 Å². The van der Waals surface area contributed by atoms with E-state index in [9.17, 15) is 4.79 Å². The standard InChI is InChI=1S/C9H15ClN2O3/c1-9(2,3)15-8(13)12-4-6(5-12)7(10)11-14/h6,14H,4-5H2,1-3H3/b11-7+. The fourth-order valence-electron chi connectivity index (χ4n) is 1.19. The first-order valence-electron chi connectivity index (χ1n) is 4.69. The van der Waals surface area contributed by atoms with Crippen LogP contribution < -0.4 is 0 Å². The molecule has 1 saturated heterocycles. The number of hydrogen-bond acceptors (Lipinski definition) is 4. The first-order chi connectivity index (χ1) is 6.83. The first kappa shape index (κ1) is 12.1. The second kappa shape index (κ2) is 4.26. The maximum absolute atomic E-state index is 11.5. The van der Waals surface area contributed by atoms with Gasteiger partial charge in [-0.15, -0.1) is 0 Å². The Hall–Kier alpha value is -0.970. The molecule has 86 valence electrons. The van der Waals surface area contributed by atoms with Gasteiger partial charge in [0.2, 0.25) is 0 Å². The van der Waals surface area contributed by atoms with E-state index >= 15 is 0 Å². The van der Waals surface area contributed by atoms with Gasteiger partial charge < -0.3 is 14.8 Å². The molecule has 1 rings (SSSR count). The molecule has 0 spiro atoms. The zero-order valence-electron chi connectivity index (χ0n) is 9.03. The van der Waals surface area contributed by atoms with Crippen LogP contribution in [0.15, 0.2) is 5.16 Å². The number of ether oxygens (including phenoxy) is 1. The number of carbonyl (C=O) groups is 1. The number of hydrogen-bond donors (Lipinski definition) is 1. The number of amides is 1. The molecule has 1 amide bonds. The summed E-state index contributed by atoms with van der Waals surface area (Å²) in [5.41, 5.74) is -0.489. The summed E-state index contributed by atoms with van der Waals surface area (Å²) in [6.45, 7) is 6.31. The highest BCUT2D eigenvalue weighted by atomic mass is 35.5. The molecule has 0 unspecified atom stereocenters. The molecule has 1 N–H and O–H groups in total. The van der Waals surface area contributed by atoms with Gasteiger partial charge in [0.25, 0.3) is 0 Å². The third-order valence-corrected chi connectivity index (χ3v) is 2.35. The molecular weight excluding hydrogens is 220 g/mol. The topological polar surface area (TPSA) is 62.1 Å². The van der Waals surface area contributed by atoms with E-state index in [1.165, 1.54) is 4.90 Å². The molecule has 0 saturated carbocycles. The number of halogens is 1. The molecule has 0 atom stereocenters. The van der Waals surface area contributed by atoms with Gasteiger partial charge in [-0.3, -0.25) is 0 Å². The zero-order valence-corrected chi connectivity index (χ0v) is 9.78. The summed E-state index contributed by atoms with van der Waals surface area (Å²) in [7, 11) is 0. The number of nitrogens with zero attached hydrogens (tertiary/aromatic N) is 2. The summed E-state index contributed by atoms with van der Waals surface area (Å²) < 4.78 is 5.14. The minimum absolute atomic E-state index is 0.0656. The summed E-state index contributed by atoms with van der Waals surface area (Å²) in [5, 5.41) is 11.4. The number of rotatable bonds is 1. The lowest BCUT2D eigenvalue weighted by atomic mass is 10.0. The van der Waals surface area contributed by atoms with Crippen molar-refractivity contribution < 1.29 is 14.7 Å². The van der Waals surface area contributed by atoms with Crippen LogP contribution in [0.2, 0.25) is 0 Å².